The molecule has 3 aromatic rings. The SMILES string of the molecule is Cc1ccccc1C(=O)n1c(C(C)(C)C)csc1=Nc1ccc(F)cc1F. The summed E-state index contributed by atoms with van der Waals surface area (Å²) >= 11 is 1.25. The van der Waals surface area contributed by atoms with E-state index in [-0.39, 0.29) is 17.0 Å². The van der Waals surface area contributed by atoms with E-state index in [1.807, 2.05) is 45.2 Å². The number of hydrogen-bond donors (Lipinski definition) is 0. The lowest BCUT2D eigenvalue weighted by Gasteiger charge is -2.20. The summed E-state index contributed by atoms with van der Waals surface area (Å²) in [4.78, 5) is 18.0. The van der Waals surface area contributed by atoms with E-state index < -0.39 is 11.6 Å². The molecule has 0 aliphatic heterocycles. The van der Waals surface area contributed by atoms with E-state index in [1.165, 1.54) is 22.0 Å². The third-order valence-electron chi connectivity index (χ3n) is 4.18. The fraction of sp³-hybridized carbons (Fsp3) is 0.238. The van der Waals surface area contributed by atoms with Gasteiger partial charge in [-0.15, -0.1) is 11.3 Å². The molecule has 0 fully saturated rings. The number of thiazole rings is 1. The van der Waals surface area contributed by atoms with Crippen LogP contribution in [0.25, 0.3) is 0 Å². The highest BCUT2D eigenvalue weighted by molar-refractivity contribution is 7.07. The molecular weight excluding hydrogens is 366 g/mol. The first kappa shape index (κ1) is 19.2. The molecule has 3 nitrogen and oxygen atoms in total. The van der Waals surface area contributed by atoms with E-state index in [9.17, 15) is 13.6 Å². The predicted octanol–water partition coefficient (Wildman–Crippen LogP) is 5.35. The molecule has 0 unspecified atom stereocenters. The van der Waals surface area contributed by atoms with Gasteiger partial charge in [-0.1, -0.05) is 39.0 Å². The van der Waals surface area contributed by atoms with Crippen molar-refractivity contribution in [2.45, 2.75) is 33.1 Å². The van der Waals surface area contributed by atoms with Crippen molar-refractivity contribution in [3.8, 4) is 0 Å². The third-order valence-corrected chi connectivity index (χ3v) is 5.01. The predicted molar refractivity (Wildman–Crippen MR) is 103 cm³/mol. The van der Waals surface area contributed by atoms with Crippen LogP contribution in [0.2, 0.25) is 0 Å². The largest absolute Gasteiger partial charge is 0.268 e. The van der Waals surface area contributed by atoms with Gasteiger partial charge in [0.05, 0.1) is 0 Å². The summed E-state index contributed by atoms with van der Waals surface area (Å²) in [6.45, 7) is 7.87. The van der Waals surface area contributed by atoms with Crippen molar-refractivity contribution in [3.05, 3.63) is 81.1 Å². The maximum atomic E-state index is 14.1. The number of aromatic nitrogens is 1. The number of carbonyl (C=O) groups excluding carboxylic acids is 1. The molecule has 0 bridgehead atoms. The topological polar surface area (TPSA) is 34.4 Å². The first-order valence-electron chi connectivity index (χ1n) is 8.49. The Balaban J connectivity index is 2.25. The number of benzene rings is 2. The van der Waals surface area contributed by atoms with Crippen LogP contribution in [0.4, 0.5) is 14.5 Å². The van der Waals surface area contributed by atoms with E-state index in [0.717, 1.165) is 23.4 Å². The second kappa shape index (κ2) is 7.19. The normalized spacial score (nSPS) is 12.4. The van der Waals surface area contributed by atoms with Gasteiger partial charge in [0.1, 0.15) is 11.5 Å². The van der Waals surface area contributed by atoms with Gasteiger partial charge in [0, 0.05) is 28.1 Å². The van der Waals surface area contributed by atoms with Crippen LogP contribution in [0.1, 0.15) is 42.4 Å². The Morgan fingerprint density at radius 1 is 1.11 bits per heavy atom. The van der Waals surface area contributed by atoms with Crippen molar-refractivity contribution in [1.82, 2.24) is 4.57 Å². The molecule has 1 heterocycles. The van der Waals surface area contributed by atoms with Crippen LogP contribution in [0.5, 0.6) is 0 Å². The van der Waals surface area contributed by atoms with Gasteiger partial charge >= 0.3 is 0 Å². The minimum Gasteiger partial charge on any atom is -0.268 e. The lowest BCUT2D eigenvalue weighted by Crippen LogP contribution is -2.30. The highest BCUT2D eigenvalue weighted by Gasteiger charge is 2.25. The van der Waals surface area contributed by atoms with Gasteiger partial charge in [0.25, 0.3) is 5.91 Å². The van der Waals surface area contributed by atoms with Crippen LogP contribution in [0.15, 0.2) is 52.8 Å². The van der Waals surface area contributed by atoms with E-state index in [4.69, 9.17) is 0 Å². The van der Waals surface area contributed by atoms with Crippen molar-refractivity contribution in [3.63, 3.8) is 0 Å². The molecule has 0 atom stereocenters. The number of aryl methyl sites for hydroxylation is 1. The molecule has 27 heavy (non-hydrogen) atoms. The van der Waals surface area contributed by atoms with Gasteiger partial charge in [-0.3, -0.25) is 9.36 Å². The standard InChI is InChI=1S/C21H20F2N2OS/c1-13-7-5-6-8-15(13)19(26)25-18(21(2,3)4)12-27-20(25)24-17-10-9-14(22)11-16(17)23/h5-12H,1-4H3. The monoisotopic (exact) mass is 386 g/mol. The van der Waals surface area contributed by atoms with Crippen molar-refractivity contribution in [1.29, 1.82) is 0 Å². The van der Waals surface area contributed by atoms with E-state index in [1.54, 1.807) is 12.1 Å². The number of halogens is 2. The third kappa shape index (κ3) is 3.90. The maximum absolute atomic E-state index is 14.1. The summed E-state index contributed by atoms with van der Waals surface area (Å²) in [7, 11) is 0. The van der Waals surface area contributed by atoms with Crippen molar-refractivity contribution in [2.24, 2.45) is 4.99 Å². The van der Waals surface area contributed by atoms with Crippen LogP contribution in [-0.2, 0) is 5.41 Å². The maximum Gasteiger partial charge on any atom is 0.264 e. The second-order valence-corrected chi connectivity index (χ2v) is 8.15. The van der Waals surface area contributed by atoms with Crippen LogP contribution >= 0.6 is 11.3 Å². The highest BCUT2D eigenvalue weighted by atomic mass is 32.1. The number of rotatable bonds is 2. The van der Waals surface area contributed by atoms with E-state index >= 15 is 0 Å². The Kier molecular flexibility index (Phi) is 5.11. The summed E-state index contributed by atoms with van der Waals surface area (Å²) in [5, 5.41) is 1.86. The first-order chi connectivity index (χ1) is 12.7. The number of nitrogens with zero attached hydrogens (tertiary/aromatic N) is 2. The van der Waals surface area contributed by atoms with E-state index in [2.05, 4.69) is 4.99 Å². The minimum atomic E-state index is -0.768. The van der Waals surface area contributed by atoms with Gasteiger partial charge < -0.3 is 0 Å². The lowest BCUT2D eigenvalue weighted by molar-refractivity contribution is 0.0949. The van der Waals surface area contributed by atoms with Gasteiger partial charge in [0.2, 0.25) is 0 Å². The Bertz CT molecular complexity index is 1070. The molecule has 0 aliphatic carbocycles. The summed E-state index contributed by atoms with van der Waals surface area (Å²) in [5.41, 5.74) is 1.86. The molecule has 1 aromatic heterocycles. The molecular formula is C21H20F2N2OS. The summed E-state index contributed by atoms with van der Waals surface area (Å²) in [5.74, 6) is -1.66. The summed E-state index contributed by atoms with van der Waals surface area (Å²) < 4.78 is 28.8. The molecule has 140 valence electrons. The van der Waals surface area contributed by atoms with Crippen molar-refractivity contribution < 1.29 is 13.6 Å². The quantitative estimate of drug-likeness (QED) is 0.584. The van der Waals surface area contributed by atoms with Crippen LogP contribution < -0.4 is 4.80 Å². The molecule has 0 radical (unpaired) electrons. The van der Waals surface area contributed by atoms with Crippen molar-refractivity contribution in [2.75, 3.05) is 0 Å². The second-order valence-electron chi connectivity index (χ2n) is 7.32. The molecule has 0 amide bonds. The van der Waals surface area contributed by atoms with Crippen LogP contribution in [0, 0.1) is 18.6 Å². The zero-order chi connectivity index (χ0) is 19.8. The van der Waals surface area contributed by atoms with Crippen LogP contribution in [-0.4, -0.2) is 10.5 Å². The molecule has 0 N–H and O–H groups in total. The Labute approximate surface area is 160 Å². The molecule has 0 spiro atoms. The smallest absolute Gasteiger partial charge is 0.264 e. The molecule has 6 heteroatoms. The highest BCUT2D eigenvalue weighted by Crippen LogP contribution is 2.25. The Morgan fingerprint density at radius 2 is 1.81 bits per heavy atom. The Morgan fingerprint density at radius 3 is 2.44 bits per heavy atom. The molecule has 0 saturated carbocycles. The molecule has 2 aromatic carbocycles. The number of hydrogen-bond acceptors (Lipinski definition) is 3. The van der Waals surface area contributed by atoms with E-state index in [0.29, 0.717) is 10.4 Å². The van der Waals surface area contributed by atoms with Crippen LogP contribution in [0.3, 0.4) is 0 Å². The average Bonchev–Trinajstić information content (AvgIpc) is 3.01. The minimum absolute atomic E-state index is 0.00922. The van der Waals surface area contributed by atoms with Crippen molar-refractivity contribution >= 4 is 22.9 Å². The zero-order valence-corrected chi connectivity index (χ0v) is 16.4. The van der Waals surface area contributed by atoms with Gasteiger partial charge in [-0.25, -0.2) is 13.8 Å². The first-order valence-corrected chi connectivity index (χ1v) is 9.37. The fourth-order valence-electron chi connectivity index (χ4n) is 2.71. The van der Waals surface area contributed by atoms with Gasteiger partial charge in [-0.2, -0.15) is 0 Å². The molecule has 0 aliphatic rings. The van der Waals surface area contributed by atoms with Gasteiger partial charge in [-0.05, 0) is 30.7 Å². The summed E-state index contributed by atoms with van der Waals surface area (Å²) in [6.07, 6.45) is 0. The summed E-state index contributed by atoms with van der Waals surface area (Å²) in [6, 6.07) is 10.5. The number of carbonyl (C=O) groups is 1. The Hall–Kier alpha value is -2.60. The fourth-order valence-corrected chi connectivity index (χ4v) is 3.82. The molecule has 3 rings (SSSR count). The zero-order valence-electron chi connectivity index (χ0n) is 15.6. The average molecular weight is 386 g/mol. The van der Waals surface area contributed by atoms with Gasteiger partial charge in [0.15, 0.2) is 10.6 Å². The molecule has 0 saturated heterocycles. The lowest BCUT2D eigenvalue weighted by atomic mass is 9.92.